The first-order valence-corrected chi connectivity index (χ1v) is 8.15. The van der Waals surface area contributed by atoms with E-state index in [1.807, 2.05) is 22.9 Å². The lowest BCUT2D eigenvalue weighted by Gasteiger charge is -2.16. The molecule has 0 bridgehead atoms. The summed E-state index contributed by atoms with van der Waals surface area (Å²) in [6.07, 6.45) is 5.49. The van der Waals surface area contributed by atoms with E-state index in [1.54, 1.807) is 18.6 Å². The van der Waals surface area contributed by atoms with Gasteiger partial charge in [-0.1, -0.05) is 47.5 Å². The molecular formula is C18H17Cl2N3. The van der Waals surface area contributed by atoms with Crippen molar-refractivity contribution < 1.29 is 0 Å². The molecule has 0 amide bonds. The highest BCUT2D eigenvalue weighted by atomic mass is 35.5. The van der Waals surface area contributed by atoms with Crippen LogP contribution in [-0.4, -0.2) is 9.55 Å². The number of hydrogen-bond donors (Lipinski definition) is 1. The molecule has 2 aromatic carbocycles. The molecule has 3 nitrogen and oxygen atoms in total. The van der Waals surface area contributed by atoms with E-state index < -0.39 is 0 Å². The van der Waals surface area contributed by atoms with Gasteiger partial charge in [-0.15, -0.1) is 0 Å². The lowest BCUT2D eigenvalue weighted by atomic mass is 10.1. The zero-order chi connectivity index (χ0) is 16.2. The van der Waals surface area contributed by atoms with Crippen LogP contribution < -0.4 is 5.32 Å². The molecule has 0 saturated heterocycles. The third kappa shape index (κ3) is 3.75. The minimum atomic E-state index is 0.210. The Kier molecular flexibility index (Phi) is 5.01. The normalized spacial score (nSPS) is 12.3. The first-order valence-electron chi connectivity index (χ1n) is 7.39. The number of rotatable bonds is 5. The zero-order valence-electron chi connectivity index (χ0n) is 12.7. The van der Waals surface area contributed by atoms with Crippen LogP contribution in [0.5, 0.6) is 0 Å². The predicted octanol–water partition coefficient (Wildman–Crippen LogP) is 5.03. The average molecular weight is 346 g/mol. The van der Waals surface area contributed by atoms with Crippen LogP contribution in [0.15, 0.2) is 61.2 Å². The van der Waals surface area contributed by atoms with Crippen LogP contribution >= 0.6 is 23.2 Å². The van der Waals surface area contributed by atoms with Crippen molar-refractivity contribution in [3.63, 3.8) is 0 Å². The lowest BCUT2D eigenvalue weighted by molar-refractivity contribution is 0.575. The van der Waals surface area contributed by atoms with Crippen molar-refractivity contribution in [2.45, 2.75) is 19.5 Å². The van der Waals surface area contributed by atoms with Gasteiger partial charge >= 0.3 is 0 Å². The van der Waals surface area contributed by atoms with Crippen LogP contribution in [0.1, 0.15) is 24.1 Å². The SMILES string of the molecule is CC(NCc1cccc(Cl)c1Cl)c1ccc(-n2ccnc2)cc1. The largest absolute Gasteiger partial charge is 0.306 e. The van der Waals surface area contributed by atoms with Gasteiger partial charge in [-0.25, -0.2) is 4.98 Å². The number of nitrogens with zero attached hydrogens (tertiary/aromatic N) is 2. The molecule has 1 unspecified atom stereocenters. The quantitative estimate of drug-likeness (QED) is 0.702. The van der Waals surface area contributed by atoms with Crippen LogP contribution in [0.4, 0.5) is 0 Å². The molecule has 0 saturated carbocycles. The topological polar surface area (TPSA) is 29.9 Å². The summed E-state index contributed by atoms with van der Waals surface area (Å²) in [7, 11) is 0. The molecule has 3 aromatic rings. The number of benzene rings is 2. The van der Waals surface area contributed by atoms with Crippen LogP contribution in [0.3, 0.4) is 0 Å². The van der Waals surface area contributed by atoms with E-state index in [1.165, 1.54) is 5.56 Å². The molecule has 1 N–H and O–H groups in total. The van der Waals surface area contributed by atoms with Gasteiger partial charge in [0.15, 0.2) is 0 Å². The maximum absolute atomic E-state index is 6.22. The van der Waals surface area contributed by atoms with Gasteiger partial charge in [-0.3, -0.25) is 0 Å². The molecule has 1 heterocycles. The van der Waals surface area contributed by atoms with E-state index in [4.69, 9.17) is 23.2 Å². The maximum Gasteiger partial charge on any atom is 0.0991 e. The van der Waals surface area contributed by atoms with Crippen LogP contribution in [-0.2, 0) is 6.54 Å². The van der Waals surface area contributed by atoms with E-state index >= 15 is 0 Å². The summed E-state index contributed by atoms with van der Waals surface area (Å²) < 4.78 is 1.98. The number of nitrogens with one attached hydrogen (secondary N) is 1. The third-order valence-corrected chi connectivity index (χ3v) is 4.68. The second-order valence-electron chi connectivity index (χ2n) is 5.38. The Morgan fingerprint density at radius 2 is 1.91 bits per heavy atom. The van der Waals surface area contributed by atoms with Crippen LogP contribution in [0.25, 0.3) is 5.69 Å². The molecule has 0 aliphatic rings. The summed E-state index contributed by atoms with van der Waals surface area (Å²) in [5.41, 5.74) is 3.31. The van der Waals surface area contributed by atoms with Gasteiger partial charge in [0, 0.05) is 30.7 Å². The molecule has 0 aliphatic heterocycles. The molecule has 0 spiro atoms. The summed E-state index contributed by atoms with van der Waals surface area (Å²) in [6, 6.07) is 14.3. The van der Waals surface area contributed by atoms with Gasteiger partial charge in [0.2, 0.25) is 0 Å². The molecule has 118 valence electrons. The standard InChI is InChI=1S/C18H17Cl2N3/c1-13(22-11-15-3-2-4-17(19)18(15)20)14-5-7-16(8-6-14)23-10-9-21-12-23/h2-10,12-13,22H,11H2,1H3. The monoisotopic (exact) mass is 345 g/mol. The van der Waals surface area contributed by atoms with Crippen molar-refractivity contribution in [1.29, 1.82) is 0 Å². The van der Waals surface area contributed by atoms with Crippen molar-refractivity contribution in [3.05, 3.63) is 82.4 Å². The number of halogens is 2. The minimum Gasteiger partial charge on any atom is -0.306 e. The van der Waals surface area contributed by atoms with Gasteiger partial charge < -0.3 is 9.88 Å². The summed E-state index contributed by atoms with van der Waals surface area (Å²) in [6.45, 7) is 2.80. The average Bonchev–Trinajstić information content (AvgIpc) is 3.10. The molecule has 5 heteroatoms. The number of hydrogen-bond acceptors (Lipinski definition) is 2. The fourth-order valence-electron chi connectivity index (χ4n) is 2.41. The van der Waals surface area contributed by atoms with E-state index in [2.05, 4.69) is 41.5 Å². The Bertz CT molecular complexity index is 767. The number of imidazole rings is 1. The van der Waals surface area contributed by atoms with Crippen molar-refractivity contribution in [2.24, 2.45) is 0 Å². The molecular weight excluding hydrogens is 329 g/mol. The Hall–Kier alpha value is -1.81. The molecule has 1 atom stereocenters. The van der Waals surface area contributed by atoms with Crippen molar-refractivity contribution >= 4 is 23.2 Å². The summed E-state index contributed by atoms with van der Waals surface area (Å²) >= 11 is 12.3. The molecule has 0 fully saturated rings. The van der Waals surface area contributed by atoms with Crippen molar-refractivity contribution in [1.82, 2.24) is 14.9 Å². The van der Waals surface area contributed by atoms with Gasteiger partial charge in [0.25, 0.3) is 0 Å². The fourth-order valence-corrected chi connectivity index (χ4v) is 2.80. The smallest absolute Gasteiger partial charge is 0.0991 e. The predicted molar refractivity (Wildman–Crippen MR) is 95.3 cm³/mol. The van der Waals surface area contributed by atoms with Crippen molar-refractivity contribution in [3.8, 4) is 5.69 Å². The molecule has 3 rings (SSSR count). The highest BCUT2D eigenvalue weighted by Crippen LogP contribution is 2.26. The summed E-state index contributed by atoms with van der Waals surface area (Å²) in [5, 5.41) is 4.68. The fraction of sp³-hybridized carbons (Fsp3) is 0.167. The summed E-state index contributed by atoms with van der Waals surface area (Å²) in [5.74, 6) is 0. The maximum atomic E-state index is 6.22. The first-order chi connectivity index (χ1) is 11.1. The molecule has 0 radical (unpaired) electrons. The third-order valence-electron chi connectivity index (χ3n) is 3.83. The van der Waals surface area contributed by atoms with E-state index in [0.717, 1.165) is 11.3 Å². The highest BCUT2D eigenvalue weighted by Gasteiger charge is 2.08. The molecule has 0 aliphatic carbocycles. The second kappa shape index (κ2) is 7.18. The minimum absolute atomic E-state index is 0.210. The zero-order valence-corrected chi connectivity index (χ0v) is 14.2. The van der Waals surface area contributed by atoms with Crippen LogP contribution in [0.2, 0.25) is 10.0 Å². The van der Waals surface area contributed by atoms with Crippen molar-refractivity contribution in [2.75, 3.05) is 0 Å². The Balaban J connectivity index is 1.66. The van der Waals surface area contributed by atoms with Gasteiger partial charge in [-0.2, -0.15) is 0 Å². The lowest BCUT2D eigenvalue weighted by Crippen LogP contribution is -2.18. The number of aromatic nitrogens is 2. The summed E-state index contributed by atoms with van der Waals surface area (Å²) in [4.78, 5) is 4.06. The van der Waals surface area contributed by atoms with Crippen LogP contribution in [0, 0.1) is 0 Å². The van der Waals surface area contributed by atoms with E-state index in [0.29, 0.717) is 16.6 Å². The molecule has 1 aromatic heterocycles. The molecule has 23 heavy (non-hydrogen) atoms. The first kappa shape index (κ1) is 16.1. The second-order valence-corrected chi connectivity index (χ2v) is 6.16. The highest BCUT2D eigenvalue weighted by molar-refractivity contribution is 6.42. The van der Waals surface area contributed by atoms with Gasteiger partial charge in [0.05, 0.1) is 16.4 Å². The Labute approximate surface area is 145 Å². The Morgan fingerprint density at radius 3 is 2.61 bits per heavy atom. The van der Waals surface area contributed by atoms with E-state index in [-0.39, 0.29) is 6.04 Å². The Morgan fingerprint density at radius 1 is 1.13 bits per heavy atom. The van der Waals surface area contributed by atoms with E-state index in [9.17, 15) is 0 Å². The van der Waals surface area contributed by atoms with Gasteiger partial charge in [0.1, 0.15) is 0 Å². The van der Waals surface area contributed by atoms with Gasteiger partial charge in [-0.05, 0) is 36.2 Å².